The Morgan fingerprint density at radius 2 is 1.69 bits per heavy atom. The molecule has 2 aromatic rings. The molecule has 26 heavy (non-hydrogen) atoms. The topological polar surface area (TPSA) is 77.0 Å². The molecule has 0 heterocycles. The summed E-state index contributed by atoms with van der Waals surface area (Å²) in [5.41, 5.74) is 1.80. The third-order valence-electron chi connectivity index (χ3n) is 3.92. The standard InChI is InChI=1S/C20H23NO5/c1-24-16-7-5-15(6-8-16)17(13-22)20(23)21-11-10-14-4-9-18(25-2)19(12-14)26-3/h4-9,12-13,22H,10-11H2,1-3H3,(H,21,23). The van der Waals surface area contributed by atoms with Crippen LogP contribution in [0, 0.1) is 0 Å². The van der Waals surface area contributed by atoms with Crippen LogP contribution in [0.25, 0.3) is 5.57 Å². The highest BCUT2D eigenvalue weighted by Gasteiger charge is 2.12. The van der Waals surface area contributed by atoms with Crippen molar-refractivity contribution in [2.45, 2.75) is 6.42 Å². The van der Waals surface area contributed by atoms with Crippen LogP contribution in [0.15, 0.2) is 48.7 Å². The fourth-order valence-electron chi connectivity index (χ4n) is 2.49. The summed E-state index contributed by atoms with van der Waals surface area (Å²) < 4.78 is 15.6. The lowest BCUT2D eigenvalue weighted by molar-refractivity contribution is -0.115. The van der Waals surface area contributed by atoms with Gasteiger partial charge in [-0.3, -0.25) is 4.79 Å². The van der Waals surface area contributed by atoms with E-state index >= 15 is 0 Å². The van der Waals surface area contributed by atoms with Crippen LogP contribution in [0.1, 0.15) is 11.1 Å². The molecule has 0 saturated carbocycles. The first-order valence-corrected chi connectivity index (χ1v) is 8.10. The number of hydrogen-bond donors (Lipinski definition) is 2. The van der Waals surface area contributed by atoms with Crippen LogP contribution in [-0.4, -0.2) is 38.9 Å². The van der Waals surface area contributed by atoms with Gasteiger partial charge in [-0.15, -0.1) is 0 Å². The van der Waals surface area contributed by atoms with E-state index in [1.807, 2.05) is 18.2 Å². The minimum atomic E-state index is -0.349. The van der Waals surface area contributed by atoms with E-state index in [0.717, 1.165) is 11.8 Å². The number of benzene rings is 2. The molecule has 6 heteroatoms. The number of aliphatic hydroxyl groups is 1. The molecular formula is C20H23NO5. The molecule has 0 atom stereocenters. The van der Waals surface area contributed by atoms with E-state index in [1.165, 1.54) is 0 Å². The van der Waals surface area contributed by atoms with E-state index in [9.17, 15) is 9.90 Å². The molecule has 0 aliphatic heterocycles. The summed E-state index contributed by atoms with van der Waals surface area (Å²) in [6, 6.07) is 12.5. The van der Waals surface area contributed by atoms with E-state index < -0.39 is 0 Å². The Bertz CT molecular complexity index is 768. The monoisotopic (exact) mass is 357 g/mol. The molecule has 0 bridgehead atoms. The summed E-state index contributed by atoms with van der Waals surface area (Å²) in [6.07, 6.45) is 1.43. The first-order valence-electron chi connectivity index (χ1n) is 8.10. The highest BCUT2D eigenvalue weighted by atomic mass is 16.5. The summed E-state index contributed by atoms with van der Waals surface area (Å²) in [7, 11) is 4.73. The van der Waals surface area contributed by atoms with Crippen LogP contribution in [0.4, 0.5) is 0 Å². The number of hydrogen-bond acceptors (Lipinski definition) is 5. The van der Waals surface area contributed by atoms with Crippen molar-refractivity contribution in [3.05, 3.63) is 59.9 Å². The molecule has 2 N–H and O–H groups in total. The van der Waals surface area contributed by atoms with E-state index in [4.69, 9.17) is 14.2 Å². The Balaban J connectivity index is 1.96. The molecule has 138 valence electrons. The van der Waals surface area contributed by atoms with Gasteiger partial charge in [-0.1, -0.05) is 18.2 Å². The maximum Gasteiger partial charge on any atom is 0.255 e. The molecule has 0 aliphatic carbocycles. The molecule has 0 unspecified atom stereocenters. The molecule has 0 saturated heterocycles. The zero-order valence-corrected chi connectivity index (χ0v) is 15.1. The third-order valence-corrected chi connectivity index (χ3v) is 3.92. The molecule has 0 aliphatic rings. The van der Waals surface area contributed by atoms with Crippen molar-refractivity contribution in [1.29, 1.82) is 0 Å². The molecule has 0 aromatic heterocycles. The number of amides is 1. The average molecular weight is 357 g/mol. The van der Waals surface area contributed by atoms with Crippen LogP contribution in [0.3, 0.4) is 0 Å². The Morgan fingerprint density at radius 3 is 2.27 bits per heavy atom. The number of nitrogens with one attached hydrogen (secondary N) is 1. The van der Waals surface area contributed by atoms with Gasteiger partial charge in [0.05, 0.1) is 33.2 Å². The van der Waals surface area contributed by atoms with Crippen LogP contribution in [-0.2, 0) is 11.2 Å². The van der Waals surface area contributed by atoms with Crippen LogP contribution in [0.2, 0.25) is 0 Å². The predicted octanol–water partition coefficient (Wildman–Crippen LogP) is 2.97. The molecular weight excluding hydrogens is 334 g/mol. The van der Waals surface area contributed by atoms with Gasteiger partial charge in [0.2, 0.25) is 0 Å². The largest absolute Gasteiger partial charge is 0.515 e. The van der Waals surface area contributed by atoms with Gasteiger partial charge in [-0.2, -0.15) is 0 Å². The van der Waals surface area contributed by atoms with Crippen LogP contribution in [0.5, 0.6) is 17.2 Å². The maximum absolute atomic E-state index is 12.3. The highest BCUT2D eigenvalue weighted by Crippen LogP contribution is 2.27. The Labute approximate surface area is 153 Å². The second-order valence-corrected chi connectivity index (χ2v) is 5.47. The minimum absolute atomic E-state index is 0.194. The van der Waals surface area contributed by atoms with Crippen molar-refractivity contribution in [2.75, 3.05) is 27.9 Å². The summed E-state index contributed by atoms with van der Waals surface area (Å²) in [4.78, 5) is 12.3. The van der Waals surface area contributed by atoms with Crippen molar-refractivity contribution in [1.82, 2.24) is 5.32 Å². The third kappa shape index (κ3) is 4.69. The van der Waals surface area contributed by atoms with Crippen molar-refractivity contribution >= 4 is 11.5 Å². The van der Waals surface area contributed by atoms with Crippen LogP contribution < -0.4 is 19.5 Å². The Hall–Kier alpha value is -3.15. The lowest BCUT2D eigenvalue weighted by atomic mass is 10.1. The minimum Gasteiger partial charge on any atom is -0.515 e. The summed E-state index contributed by atoms with van der Waals surface area (Å²) in [5, 5.41) is 12.2. The second-order valence-electron chi connectivity index (χ2n) is 5.47. The number of carbonyl (C=O) groups is 1. The highest BCUT2D eigenvalue weighted by molar-refractivity contribution is 6.19. The first kappa shape index (κ1) is 19.2. The smallest absolute Gasteiger partial charge is 0.255 e. The average Bonchev–Trinajstić information content (AvgIpc) is 2.69. The van der Waals surface area contributed by atoms with Gasteiger partial charge in [0.15, 0.2) is 11.5 Å². The molecule has 6 nitrogen and oxygen atoms in total. The van der Waals surface area contributed by atoms with Gasteiger partial charge in [-0.25, -0.2) is 0 Å². The van der Waals surface area contributed by atoms with Crippen molar-refractivity contribution < 1.29 is 24.1 Å². The fourth-order valence-corrected chi connectivity index (χ4v) is 2.49. The quantitative estimate of drug-likeness (QED) is 0.561. The van der Waals surface area contributed by atoms with Gasteiger partial charge in [0.1, 0.15) is 5.75 Å². The molecule has 0 spiro atoms. The molecule has 0 fully saturated rings. The van der Waals surface area contributed by atoms with Crippen molar-refractivity contribution in [3.63, 3.8) is 0 Å². The van der Waals surface area contributed by atoms with Crippen molar-refractivity contribution in [2.24, 2.45) is 0 Å². The number of ether oxygens (including phenoxy) is 3. The summed E-state index contributed by atoms with van der Waals surface area (Å²) >= 11 is 0. The fraction of sp³-hybridized carbons (Fsp3) is 0.250. The lowest BCUT2D eigenvalue weighted by Gasteiger charge is -2.11. The lowest BCUT2D eigenvalue weighted by Crippen LogP contribution is -2.26. The van der Waals surface area contributed by atoms with Crippen molar-refractivity contribution in [3.8, 4) is 17.2 Å². The van der Waals surface area contributed by atoms with E-state index in [-0.39, 0.29) is 11.5 Å². The number of carbonyl (C=O) groups excluding carboxylic acids is 1. The SMILES string of the molecule is COc1ccc(C(=CO)C(=O)NCCc2ccc(OC)c(OC)c2)cc1. The normalized spacial score (nSPS) is 11.0. The Morgan fingerprint density at radius 1 is 1.00 bits per heavy atom. The summed E-state index contributed by atoms with van der Waals surface area (Å²) in [6.45, 7) is 0.418. The van der Waals surface area contributed by atoms with E-state index in [0.29, 0.717) is 35.8 Å². The number of aliphatic hydroxyl groups excluding tert-OH is 1. The summed E-state index contributed by atoms with van der Waals surface area (Å²) in [5.74, 6) is 1.63. The second kappa shape index (κ2) is 9.36. The zero-order valence-electron chi connectivity index (χ0n) is 15.1. The Kier molecular flexibility index (Phi) is 6.91. The van der Waals surface area contributed by atoms with Gasteiger partial charge in [0, 0.05) is 6.54 Å². The molecule has 2 rings (SSSR count). The van der Waals surface area contributed by atoms with Gasteiger partial charge in [0.25, 0.3) is 5.91 Å². The van der Waals surface area contributed by atoms with Crippen LogP contribution >= 0.6 is 0 Å². The van der Waals surface area contributed by atoms with E-state index in [2.05, 4.69) is 5.32 Å². The molecule has 2 aromatic carbocycles. The number of rotatable bonds is 8. The maximum atomic E-state index is 12.3. The predicted molar refractivity (Wildman–Crippen MR) is 99.9 cm³/mol. The van der Waals surface area contributed by atoms with Gasteiger partial charge >= 0.3 is 0 Å². The zero-order chi connectivity index (χ0) is 18.9. The molecule has 1 amide bonds. The number of methoxy groups -OCH3 is 3. The first-order chi connectivity index (χ1) is 12.6. The van der Waals surface area contributed by atoms with E-state index in [1.54, 1.807) is 45.6 Å². The van der Waals surface area contributed by atoms with Gasteiger partial charge in [-0.05, 0) is 41.8 Å². The van der Waals surface area contributed by atoms with Gasteiger partial charge < -0.3 is 24.6 Å². The molecule has 0 radical (unpaired) electrons.